The van der Waals surface area contributed by atoms with Gasteiger partial charge in [0.2, 0.25) is 15.9 Å². The van der Waals surface area contributed by atoms with Crippen LogP contribution in [-0.2, 0) is 44.9 Å². The molecule has 1 unspecified atom stereocenters. The molecule has 1 amide bonds. The molecule has 1 aliphatic carbocycles. The Hall–Kier alpha value is -1.74. The highest BCUT2D eigenvalue weighted by molar-refractivity contribution is 7.94. The van der Waals surface area contributed by atoms with Gasteiger partial charge in [0, 0.05) is 45.3 Å². The lowest BCUT2D eigenvalue weighted by atomic mass is 9.84. The number of primary sulfonamides is 1. The van der Waals surface area contributed by atoms with E-state index in [-0.39, 0.29) is 56.1 Å². The number of nitrogens with zero attached hydrogens (tertiary/aromatic N) is 2. The molecule has 4 rings (SSSR count). The van der Waals surface area contributed by atoms with Crippen LogP contribution in [0.25, 0.3) is 0 Å². The Labute approximate surface area is 394 Å². The second kappa shape index (κ2) is 22.6. The standard InChI is InChI=1S/C48H83N3O8S3Si2/c1-14-51(41-35-50(31-22-32-57-9)62(55,56)46-40(41)33-45(60-46)61(49,53)54)44(52)26-21-16-15-20-25-38-39(30-28-36(2)27-29-37-23-18-17-19-24-37)43(59-64(12,13)48(6,7)8)34-42(38)58-63(10,11)47(3,4)5/h15,17-20,23-24,33,36,38-39,41-43H,14,16,21-22,25-32,34-35H2,1-13H3,(H2,49,53,54)/b20-15-/t36-,38-,39-,41?,42+,43-/m1/s1. The predicted molar refractivity (Wildman–Crippen MR) is 268 cm³/mol. The van der Waals surface area contributed by atoms with E-state index in [0.717, 1.165) is 44.9 Å². The molecule has 1 aliphatic heterocycles. The highest BCUT2D eigenvalue weighted by Gasteiger charge is 2.51. The largest absolute Gasteiger partial charge is 0.414 e. The third-order valence-electron chi connectivity index (χ3n) is 14.7. The molecule has 0 spiro atoms. The van der Waals surface area contributed by atoms with Crippen LogP contribution in [0.15, 0.2) is 57.0 Å². The smallest absolute Gasteiger partial charge is 0.253 e. The second-order valence-corrected chi connectivity index (χ2v) is 35.9. The van der Waals surface area contributed by atoms with Gasteiger partial charge in [-0.15, -0.1) is 11.3 Å². The van der Waals surface area contributed by atoms with Crippen LogP contribution in [0.5, 0.6) is 0 Å². The molecular weight excluding hydrogens is 899 g/mol. The second-order valence-electron chi connectivity index (χ2n) is 21.5. The molecule has 1 aromatic heterocycles. The van der Waals surface area contributed by atoms with Crippen molar-refractivity contribution in [1.82, 2.24) is 9.21 Å². The van der Waals surface area contributed by atoms with Gasteiger partial charge in [-0.25, -0.2) is 22.0 Å². The number of benzene rings is 1. The van der Waals surface area contributed by atoms with Crippen molar-refractivity contribution in [2.75, 3.05) is 33.4 Å². The van der Waals surface area contributed by atoms with E-state index in [1.807, 2.05) is 6.92 Å². The van der Waals surface area contributed by atoms with Gasteiger partial charge in [0.25, 0.3) is 10.0 Å². The third-order valence-corrected chi connectivity index (χ3v) is 28.6. The van der Waals surface area contributed by atoms with E-state index in [9.17, 15) is 21.6 Å². The molecule has 2 aliphatic rings. The zero-order chi connectivity index (χ0) is 47.9. The normalized spacial score (nSPS) is 22.8. The first kappa shape index (κ1) is 54.9. The summed E-state index contributed by atoms with van der Waals surface area (Å²) in [5.74, 6) is 1.18. The maximum absolute atomic E-state index is 14.0. The zero-order valence-electron chi connectivity index (χ0n) is 41.4. The minimum atomic E-state index is -4.16. The van der Waals surface area contributed by atoms with E-state index in [2.05, 4.69) is 117 Å². The van der Waals surface area contributed by atoms with Gasteiger partial charge in [0.05, 0.1) is 18.2 Å². The Morgan fingerprint density at radius 1 is 0.969 bits per heavy atom. The van der Waals surface area contributed by atoms with Gasteiger partial charge in [-0.05, 0) is 124 Å². The molecule has 2 aromatic rings. The SMILES string of the molecule is CCN(C(=O)CCC/C=C\C[C@@H]1[C@@H](CC[C@H](C)CCc2ccccc2)[C@H](O[Si](C)(C)C(C)(C)C)C[C@@H]1O[Si](C)(C)C(C)(C)C)C1CN(CCCOC)S(=O)(=O)c2sc(S(N)(=O)=O)cc21. The van der Waals surface area contributed by atoms with Crippen molar-refractivity contribution in [3.63, 3.8) is 0 Å². The molecule has 64 heavy (non-hydrogen) atoms. The van der Waals surface area contributed by atoms with Crippen LogP contribution in [0.1, 0.15) is 130 Å². The zero-order valence-corrected chi connectivity index (χ0v) is 45.9. The number of carbonyl (C=O) groups excluding carboxylic acids is 1. The molecule has 1 fully saturated rings. The first-order valence-corrected chi connectivity index (χ1v) is 33.3. The number of hydrogen-bond acceptors (Lipinski definition) is 9. The van der Waals surface area contributed by atoms with Crippen LogP contribution in [0.3, 0.4) is 0 Å². The molecule has 364 valence electrons. The van der Waals surface area contributed by atoms with Crippen LogP contribution in [0.4, 0.5) is 0 Å². The van der Waals surface area contributed by atoms with Crippen LogP contribution < -0.4 is 5.14 Å². The molecule has 6 atom stereocenters. The number of rotatable bonds is 23. The molecule has 11 nitrogen and oxygen atoms in total. The quantitative estimate of drug-likeness (QED) is 0.0658. The lowest BCUT2D eigenvalue weighted by Crippen LogP contribution is -2.47. The number of likely N-dealkylation sites (N-methyl/N-ethyl adjacent to an activating group) is 1. The molecule has 1 saturated carbocycles. The van der Waals surface area contributed by atoms with Gasteiger partial charge in [0.15, 0.2) is 16.6 Å². The molecule has 2 heterocycles. The summed E-state index contributed by atoms with van der Waals surface area (Å²) in [5.41, 5.74) is 1.71. The van der Waals surface area contributed by atoms with E-state index < -0.39 is 42.7 Å². The van der Waals surface area contributed by atoms with Crippen molar-refractivity contribution < 1.29 is 35.2 Å². The Morgan fingerprint density at radius 3 is 2.14 bits per heavy atom. The van der Waals surface area contributed by atoms with E-state index >= 15 is 0 Å². The number of thiophene rings is 1. The van der Waals surface area contributed by atoms with Crippen molar-refractivity contribution in [2.24, 2.45) is 22.9 Å². The van der Waals surface area contributed by atoms with Crippen molar-refractivity contribution >= 4 is 53.9 Å². The Bertz CT molecular complexity index is 2060. The number of unbranched alkanes of at least 4 members (excludes halogenated alkanes) is 1. The van der Waals surface area contributed by atoms with Gasteiger partial charge >= 0.3 is 0 Å². The number of allylic oxidation sites excluding steroid dienone is 2. The number of fused-ring (bicyclic) bond motifs is 1. The number of aryl methyl sites for hydroxylation is 1. The average molecular weight is 983 g/mol. The van der Waals surface area contributed by atoms with Gasteiger partial charge in [-0.2, -0.15) is 4.31 Å². The summed E-state index contributed by atoms with van der Waals surface area (Å²) < 4.78 is 73.1. The van der Waals surface area contributed by atoms with E-state index in [0.29, 0.717) is 60.6 Å². The lowest BCUT2D eigenvalue weighted by molar-refractivity contribution is -0.134. The minimum Gasteiger partial charge on any atom is -0.414 e. The monoisotopic (exact) mass is 981 g/mol. The minimum absolute atomic E-state index is 0.0337. The van der Waals surface area contributed by atoms with Crippen LogP contribution in [-0.4, -0.2) is 94.1 Å². The summed E-state index contributed by atoms with van der Waals surface area (Å²) in [5, 5.41) is 5.65. The molecule has 16 heteroatoms. The van der Waals surface area contributed by atoms with Crippen LogP contribution >= 0.6 is 11.3 Å². The molecular formula is C48H83N3O8S3Si2. The molecule has 1 aromatic carbocycles. The van der Waals surface area contributed by atoms with Crippen molar-refractivity contribution in [1.29, 1.82) is 0 Å². The van der Waals surface area contributed by atoms with Crippen molar-refractivity contribution in [3.8, 4) is 0 Å². The highest BCUT2D eigenvalue weighted by atomic mass is 32.3. The van der Waals surface area contributed by atoms with E-state index in [1.165, 1.54) is 15.9 Å². The molecule has 0 radical (unpaired) electrons. The first-order valence-electron chi connectivity index (χ1n) is 23.6. The van der Waals surface area contributed by atoms with Crippen molar-refractivity contribution in [2.45, 2.75) is 183 Å². The summed E-state index contributed by atoms with van der Waals surface area (Å²) in [6.45, 7) is 28.6. The maximum Gasteiger partial charge on any atom is 0.253 e. The number of hydrogen-bond donors (Lipinski definition) is 1. The Morgan fingerprint density at radius 2 is 1.58 bits per heavy atom. The maximum atomic E-state index is 14.0. The van der Waals surface area contributed by atoms with Gasteiger partial charge in [-0.3, -0.25) is 4.79 Å². The van der Waals surface area contributed by atoms with Crippen LogP contribution in [0.2, 0.25) is 36.3 Å². The van der Waals surface area contributed by atoms with E-state index in [1.54, 1.807) is 12.0 Å². The Balaban J connectivity index is 1.52. The van der Waals surface area contributed by atoms with Crippen molar-refractivity contribution in [3.05, 3.63) is 59.7 Å². The summed E-state index contributed by atoms with van der Waals surface area (Å²) in [6, 6.07) is 11.5. The molecule has 0 saturated heterocycles. The fourth-order valence-electron chi connectivity index (χ4n) is 8.68. The van der Waals surface area contributed by atoms with E-state index in [4.69, 9.17) is 18.7 Å². The highest BCUT2D eigenvalue weighted by Crippen LogP contribution is 2.49. The number of sulfonamides is 2. The van der Waals surface area contributed by atoms with Gasteiger partial charge in [0.1, 0.15) is 8.42 Å². The summed E-state index contributed by atoms with van der Waals surface area (Å²) in [6.07, 6.45) is 13.1. The number of amides is 1. The summed E-state index contributed by atoms with van der Waals surface area (Å²) in [7, 11) is -10.8. The predicted octanol–water partition coefficient (Wildman–Crippen LogP) is 10.9. The Kier molecular flexibility index (Phi) is 19.4. The number of methoxy groups -OCH3 is 1. The van der Waals surface area contributed by atoms with Gasteiger partial charge < -0.3 is 18.5 Å². The fourth-order valence-corrected chi connectivity index (χ4v) is 15.7. The molecule has 0 bridgehead atoms. The fraction of sp³-hybridized carbons (Fsp3) is 0.729. The first-order chi connectivity index (χ1) is 29.6. The summed E-state index contributed by atoms with van der Waals surface area (Å²) >= 11 is 0.652. The third kappa shape index (κ3) is 14.2. The average Bonchev–Trinajstić information content (AvgIpc) is 3.78. The number of carbonyl (C=O) groups is 1. The topological polar surface area (TPSA) is 146 Å². The lowest BCUT2D eigenvalue weighted by Gasteiger charge is -2.40. The van der Waals surface area contributed by atoms with Crippen LogP contribution in [0, 0.1) is 17.8 Å². The number of nitrogens with two attached hydrogens (primary N) is 1. The van der Waals surface area contributed by atoms with Gasteiger partial charge in [-0.1, -0.05) is 97.4 Å². The summed E-state index contributed by atoms with van der Waals surface area (Å²) in [4.78, 5) is 15.7. The number of ether oxygens (including phenoxy) is 1. The molecule has 2 N–H and O–H groups in total.